The molecule has 1 N–H and O–H groups in total. The Morgan fingerprint density at radius 3 is 2.40 bits per heavy atom. The average molecular weight is 316 g/mol. The summed E-state index contributed by atoms with van der Waals surface area (Å²) in [6.07, 6.45) is -6.53. The van der Waals surface area contributed by atoms with Crippen molar-refractivity contribution >= 4 is 15.8 Å². The van der Waals surface area contributed by atoms with Crippen molar-refractivity contribution in [3.63, 3.8) is 0 Å². The number of hydrogen-bond donors (Lipinski definition) is 1. The molecular formula is C9H11F3N2O5S. The summed E-state index contributed by atoms with van der Waals surface area (Å²) in [7, 11) is -2.99. The van der Waals surface area contributed by atoms with Crippen LogP contribution in [0.4, 0.5) is 13.2 Å². The van der Waals surface area contributed by atoms with Gasteiger partial charge in [-0.25, -0.2) is 22.0 Å². The van der Waals surface area contributed by atoms with Gasteiger partial charge in [-0.05, 0) is 0 Å². The van der Waals surface area contributed by atoms with E-state index in [0.717, 1.165) is 7.05 Å². The van der Waals surface area contributed by atoms with E-state index in [1.807, 2.05) is 0 Å². The molecule has 0 bridgehead atoms. The van der Waals surface area contributed by atoms with E-state index < -0.39 is 51.1 Å². The number of imidazole rings is 1. The van der Waals surface area contributed by atoms with E-state index in [1.165, 1.54) is 6.92 Å². The van der Waals surface area contributed by atoms with E-state index in [2.05, 4.69) is 9.72 Å². The van der Waals surface area contributed by atoms with Gasteiger partial charge in [0.15, 0.2) is 20.6 Å². The highest BCUT2D eigenvalue weighted by Crippen LogP contribution is 2.24. The van der Waals surface area contributed by atoms with Gasteiger partial charge < -0.3 is 9.84 Å². The van der Waals surface area contributed by atoms with E-state index in [9.17, 15) is 26.4 Å². The smallest absolute Gasteiger partial charge is 0.357 e. The van der Waals surface area contributed by atoms with Crippen LogP contribution in [0.25, 0.3) is 0 Å². The Kier molecular flexibility index (Phi) is 4.63. The van der Waals surface area contributed by atoms with Crippen molar-refractivity contribution in [2.75, 3.05) is 5.75 Å². The van der Waals surface area contributed by atoms with Crippen LogP contribution in [0, 0.1) is 0 Å². The molecule has 1 heterocycles. The zero-order chi connectivity index (χ0) is 15.7. The number of carboxylic acids is 1. The predicted octanol–water partition coefficient (Wildman–Crippen LogP) is 0.851. The number of rotatable bonds is 6. The molecule has 1 atom stereocenters. The van der Waals surface area contributed by atoms with Crippen molar-refractivity contribution in [1.29, 1.82) is 0 Å². The molecule has 0 saturated carbocycles. The molecule has 20 heavy (non-hydrogen) atoms. The molecule has 1 rings (SSSR count). The topological polar surface area (TPSA) is 98.5 Å². The fourth-order valence-corrected chi connectivity index (χ4v) is 2.55. The lowest BCUT2D eigenvalue weighted by atomic mass is 10.5. The fourth-order valence-electron chi connectivity index (χ4n) is 1.35. The van der Waals surface area contributed by atoms with Crippen LogP contribution in [0.3, 0.4) is 0 Å². The van der Waals surface area contributed by atoms with Gasteiger partial charge in [-0.3, -0.25) is 4.57 Å². The Morgan fingerprint density at radius 1 is 1.45 bits per heavy atom. The van der Waals surface area contributed by atoms with E-state index in [1.54, 1.807) is 0 Å². The number of halogens is 3. The summed E-state index contributed by atoms with van der Waals surface area (Å²) in [5, 5.41) is 8.14. The molecule has 0 aliphatic heterocycles. The summed E-state index contributed by atoms with van der Waals surface area (Å²) in [6.45, 7) is 1.26. The highest BCUT2D eigenvalue weighted by Gasteiger charge is 2.32. The van der Waals surface area contributed by atoms with Gasteiger partial charge in [0.2, 0.25) is 0 Å². The molecule has 114 valence electrons. The van der Waals surface area contributed by atoms with Gasteiger partial charge in [0, 0.05) is 7.05 Å². The minimum Gasteiger partial charge on any atom is -0.476 e. The first-order valence-electron chi connectivity index (χ1n) is 5.23. The van der Waals surface area contributed by atoms with Gasteiger partial charge >= 0.3 is 24.8 Å². The third-order valence-electron chi connectivity index (χ3n) is 2.29. The van der Waals surface area contributed by atoms with Crippen LogP contribution in [0.5, 0.6) is 6.01 Å². The molecular weight excluding hydrogens is 305 g/mol. The fraction of sp³-hybridized carbons (Fsp3) is 0.556. The highest BCUT2D eigenvalue weighted by atomic mass is 32.2. The molecule has 0 aromatic carbocycles. The number of aromatic carboxylic acids is 1. The standard InChI is InChI=1S/C9H11F3N2O5S/c1-3-20(17,18)7-4(8(15)16)13-9(14(7)2)19-6(12)5(10)11/h5-6H,3H2,1-2H3,(H,15,16). The number of sulfone groups is 1. The van der Waals surface area contributed by atoms with Gasteiger partial charge in [0.05, 0.1) is 5.75 Å². The molecule has 0 saturated heterocycles. The van der Waals surface area contributed by atoms with Crippen molar-refractivity contribution in [2.45, 2.75) is 24.7 Å². The number of aromatic nitrogens is 2. The normalized spacial score (nSPS) is 13.5. The average Bonchev–Trinajstić information content (AvgIpc) is 2.67. The van der Waals surface area contributed by atoms with Gasteiger partial charge in [0.1, 0.15) is 0 Å². The Labute approximate surface area is 111 Å². The lowest BCUT2D eigenvalue weighted by Gasteiger charge is -2.10. The third-order valence-corrected chi connectivity index (χ3v) is 4.11. The van der Waals surface area contributed by atoms with Crippen LogP contribution in [0.15, 0.2) is 5.03 Å². The SMILES string of the molecule is CCS(=O)(=O)c1c(C(=O)O)nc(OC(F)C(F)F)n1C. The van der Waals surface area contributed by atoms with Gasteiger partial charge in [-0.15, -0.1) is 0 Å². The lowest BCUT2D eigenvalue weighted by molar-refractivity contribution is -0.0728. The van der Waals surface area contributed by atoms with E-state index >= 15 is 0 Å². The summed E-state index contributed by atoms with van der Waals surface area (Å²) in [6, 6.07) is -0.859. The number of alkyl halides is 3. The quantitative estimate of drug-likeness (QED) is 0.835. The molecule has 0 radical (unpaired) electrons. The molecule has 0 aliphatic rings. The van der Waals surface area contributed by atoms with E-state index in [4.69, 9.17) is 5.11 Å². The summed E-state index contributed by atoms with van der Waals surface area (Å²) < 4.78 is 65.1. The number of hydrogen-bond acceptors (Lipinski definition) is 5. The number of ether oxygens (including phenoxy) is 1. The summed E-state index contributed by atoms with van der Waals surface area (Å²) in [5.74, 6) is -2.14. The molecule has 1 aromatic heterocycles. The molecule has 0 amide bonds. The Morgan fingerprint density at radius 2 is 2.00 bits per heavy atom. The minimum atomic E-state index is -4.01. The Bertz CT molecular complexity index is 613. The van der Waals surface area contributed by atoms with Crippen molar-refractivity contribution < 1.29 is 36.2 Å². The zero-order valence-electron chi connectivity index (χ0n) is 10.4. The first kappa shape index (κ1) is 16.3. The molecule has 0 aliphatic carbocycles. The molecule has 1 aromatic rings. The minimum absolute atomic E-state index is 0.444. The Balaban J connectivity index is 3.39. The maximum atomic E-state index is 12.8. The third kappa shape index (κ3) is 3.03. The molecule has 0 spiro atoms. The lowest BCUT2D eigenvalue weighted by Crippen LogP contribution is -2.21. The van der Waals surface area contributed by atoms with Crippen LogP contribution in [-0.2, 0) is 16.9 Å². The highest BCUT2D eigenvalue weighted by molar-refractivity contribution is 7.91. The second kappa shape index (κ2) is 5.69. The molecule has 0 fully saturated rings. The maximum absolute atomic E-state index is 12.8. The first-order chi connectivity index (χ1) is 9.11. The predicted molar refractivity (Wildman–Crippen MR) is 59.4 cm³/mol. The number of carbonyl (C=O) groups is 1. The van der Waals surface area contributed by atoms with Crippen LogP contribution in [-0.4, -0.2) is 47.6 Å². The molecule has 1 unspecified atom stereocenters. The summed E-state index contributed by atoms with van der Waals surface area (Å²) in [4.78, 5) is 14.2. The monoisotopic (exact) mass is 316 g/mol. The first-order valence-corrected chi connectivity index (χ1v) is 6.88. The van der Waals surface area contributed by atoms with E-state index in [-0.39, 0.29) is 0 Å². The maximum Gasteiger partial charge on any atom is 0.357 e. The van der Waals surface area contributed by atoms with Crippen LogP contribution >= 0.6 is 0 Å². The Hall–Kier alpha value is -1.78. The van der Waals surface area contributed by atoms with Gasteiger partial charge in [-0.1, -0.05) is 6.92 Å². The zero-order valence-corrected chi connectivity index (χ0v) is 11.2. The van der Waals surface area contributed by atoms with Gasteiger partial charge in [-0.2, -0.15) is 9.37 Å². The van der Waals surface area contributed by atoms with Crippen LogP contribution < -0.4 is 4.74 Å². The summed E-state index contributed by atoms with van der Waals surface area (Å²) in [5.41, 5.74) is -0.911. The second-order valence-corrected chi connectivity index (χ2v) is 5.81. The second-order valence-electron chi connectivity index (χ2n) is 3.62. The van der Waals surface area contributed by atoms with Crippen molar-refractivity contribution in [2.24, 2.45) is 7.05 Å². The van der Waals surface area contributed by atoms with Crippen LogP contribution in [0.2, 0.25) is 0 Å². The van der Waals surface area contributed by atoms with Crippen molar-refractivity contribution in [3.05, 3.63) is 5.69 Å². The van der Waals surface area contributed by atoms with Crippen molar-refractivity contribution in [1.82, 2.24) is 9.55 Å². The van der Waals surface area contributed by atoms with E-state index in [0.29, 0.717) is 4.57 Å². The number of carboxylic acid groups (broad SMARTS) is 1. The van der Waals surface area contributed by atoms with Crippen molar-refractivity contribution in [3.8, 4) is 6.01 Å². The van der Waals surface area contributed by atoms with Crippen LogP contribution in [0.1, 0.15) is 17.4 Å². The summed E-state index contributed by atoms with van der Waals surface area (Å²) >= 11 is 0. The molecule has 7 nitrogen and oxygen atoms in total. The van der Waals surface area contributed by atoms with Gasteiger partial charge in [0.25, 0.3) is 0 Å². The molecule has 11 heteroatoms. The largest absolute Gasteiger partial charge is 0.476 e. The number of nitrogens with zero attached hydrogens (tertiary/aromatic N) is 2.